The van der Waals surface area contributed by atoms with Crippen molar-refractivity contribution in [2.24, 2.45) is 0 Å². The van der Waals surface area contributed by atoms with Crippen LogP contribution in [-0.4, -0.2) is 45.7 Å². The molecule has 1 atom stereocenters. The summed E-state index contributed by atoms with van der Waals surface area (Å²) in [5.74, 6) is 0.620. The molecule has 0 saturated carbocycles. The van der Waals surface area contributed by atoms with Gasteiger partial charge in [-0.1, -0.05) is 12.1 Å². The molecule has 3 aromatic rings. The molecule has 0 aliphatic heterocycles. The summed E-state index contributed by atoms with van der Waals surface area (Å²) in [5, 5.41) is 0. The molecule has 0 aromatic heterocycles. The van der Waals surface area contributed by atoms with Crippen LogP contribution in [0.5, 0.6) is 11.5 Å². The van der Waals surface area contributed by atoms with Crippen LogP contribution in [0.2, 0.25) is 0 Å². The van der Waals surface area contributed by atoms with Crippen molar-refractivity contribution in [1.82, 2.24) is 4.72 Å². The number of methoxy groups -OCH3 is 2. The molecule has 0 aliphatic carbocycles. The van der Waals surface area contributed by atoms with E-state index < -0.39 is 45.5 Å². The van der Waals surface area contributed by atoms with Crippen molar-refractivity contribution >= 4 is 29.7 Å². The Labute approximate surface area is 205 Å². The van der Waals surface area contributed by atoms with Gasteiger partial charge in [0, 0.05) is 12.1 Å². The minimum Gasteiger partial charge on any atom is -0.497 e. The van der Waals surface area contributed by atoms with E-state index in [9.17, 15) is 25.3 Å². The largest absolute Gasteiger partial charge is 0.497 e. The Kier molecular flexibility index (Phi) is 7.60. The third-order valence-electron chi connectivity index (χ3n) is 5.18. The lowest BCUT2D eigenvalue weighted by Gasteiger charge is -2.15. The normalized spacial score (nSPS) is 13.3. The molecule has 0 saturated heterocycles. The zero-order chi connectivity index (χ0) is 26.0. The van der Waals surface area contributed by atoms with Gasteiger partial charge in [-0.05, 0) is 61.0 Å². The second-order valence-corrected chi connectivity index (χ2v) is 13.3. The minimum atomic E-state index is -4.27. The summed E-state index contributed by atoms with van der Waals surface area (Å²) in [6, 6.07) is 14.3. The standard InChI is InChI=1S/C23H25NO8S3/c1-16(24-33(4,25)26)17-5-10-20(11-6-17)34(27,28)22-14-9-19(32-3)15-23(22)35(29,30)21-12-7-18(31-2)8-13-21/h5-16,24H,1-4H3/t16-/m0/s1/i2-1. The predicted octanol–water partition coefficient (Wildman–Crippen LogP) is 2.98. The smallest absolute Gasteiger partial charge is 0.209 e. The zero-order valence-electron chi connectivity index (χ0n) is 19.4. The van der Waals surface area contributed by atoms with E-state index in [1.165, 1.54) is 80.9 Å². The van der Waals surface area contributed by atoms with Gasteiger partial charge in [-0.2, -0.15) is 0 Å². The van der Waals surface area contributed by atoms with Crippen LogP contribution in [0, 0.1) is 0 Å². The van der Waals surface area contributed by atoms with Gasteiger partial charge in [0.2, 0.25) is 29.7 Å². The molecular weight excluding hydrogens is 513 g/mol. The molecule has 188 valence electrons. The third-order valence-corrected chi connectivity index (χ3v) is 9.73. The van der Waals surface area contributed by atoms with Crippen LogP contribution in [0.15, 0.2) is 86.3 Å². The molecule has 0 spiro atoms. The van der Waals surface area contributed by atoms with Crippen LogP contribution in [-0.2, 0) is 29.7 Å². The second-order valence-electron chi connectivity index (χ2n) is 7.68. The van der Waals surface area contributed by atoms with Gasteiger partial charge in [-0.25, -0.2) is 30.0 Å². The van der Waals surface area contributed by atoms with Gasteiger partial charge in [-0.3, -0.25) is 0 Å². The maximum atomic E-state index is 13.5. The highest BCUT2D eigenvalue weighted by atomic mass is 32.2. The number of rotatable bonds is 9. The molecule has 0 radical (unpaired) electrons. The quantitative estimate of drug-likeness (QED) is 0.440. The van der Waals surface area contributed by atoms with E-state index in [0.717, 1.165) is 6.26 Å². The van der Waals surface area contributed by atoms with Gasteiger partial charge >= 0.3 is 0 Å². The molecule has 0 aliphatic rings. The Bertz CT molecular complexity index is 1530. The third kappa shape index (κ3) is 5.84. The second kappa shape index (κ2) is 9.97. The molecule has 0 unspecified atom stereocenters. The zero-order valence-corrected chi connectivity index (χ0v) is 21.9. The van der Waals surface area contributed by atoms with Gasteiger partial charge in [0.15, 0.2) is 0 Å². The number of ether oxygens (including phenoxy) is 2. The highest BCUT2D eigenvalue weighted by Gasteiger charge is 2.30. The molecule has 0 heterocycles. The van der Waals surface area contributed by atoms with Crippen molar-refractivity contribution < 1.29 is 34.7 Å². The number of sulfonamides is 1. The molecule has 3 aromatic carbocycles. The number of nitrogens with one attached hydrogen (secondary N) is 1. The molecule has 9 nitrogen and oxygen atoms in total. The monoisotopic (exact) mass is 538 g/mol. The molecule has 0 amide bonds. The lowest BCUT2D eigenvalue weighted by atomic mass is 10.1. The molecular formula is C23H25NO8S3. The Morgan fingerprint density at radius 2 is 1.11 bits per heavy atom. The summed E-state index contributed by atoms with van der Waals surface area (Å²) < 4.78 is 89.5. The van der Waals surface area contributed by atoms with Gasteiger partial charge in [0.25, 0.3) is 0 Å². The fraction of sp³-hybridized carbons (Fsp3) is 0.217. The summed E-state index contributed by atoms with van der Waals surface area (Å²) in [6.07, 6.45) is 1.02. The predicted molar refractivity (Wildman–Crippen MR) is 130 cm³/mol. The Balaban J connectivity index is 2.10. The molecule has 35 heavy (non-hydrogen) atoms. The van der Waals surface area contributed by atoms with E-state index in [1.54, 1.807) is 6.92 Å². The topological polar surface area (TPSA) is 133 Å². The van der Waals surface area contributed by atoms with E-state index in [-0.39, 0.29) is 15.5 Å². The number of hydrogen-bond acceptors (Lipinski definition) is 8. The average Bonchev–Trinajstić information content (AvgIpc) is 2.82. The number of hydrogen-bond donors (Lipinski definition) is 1. The van der Waals surface area contributed by atoms with Crippen LogP contribution >= 0.6 is 0 Å². The summed E-state index contributed by atoms with van der Waals surface area (Å²) in [4.78, 5) is -1.11. The van der Waals surface area contributed by atoms with E-state index in [1.807, 2.05) is 0 Å². The highest BCUT2D eigenvalue weighted by molar-refractivity contribution is 7.94. The first kappa shape index (κ1) is 26.7. The molecule has 12 heteroatoms. The lowest BCUT2D eigenvalue weighted by molar-refractivity contribution is 0.412. The first-order chi connectivity index (χ1) is 16.3. The SMILES string of the molecule is COc1ccc(S(=O)(=O)c2ccc([C@H](C)NS(C)(=O)=O)cc2)c(S(=O)(=O)c2ccc(O[11CH3])cc2)c1. The van der Waals surface area contributed by atoms with Crippen molar-refractivity contribution in [3.8, 4) is 11.5 Å². The molecule has 0 fully saturated rings. The summed E-state index contributed by atoms with van der Waals surface area (Å²) in [5.41, 5.74) is 0.537. The van der Waals surface area contributed by atoms with Crippen LogP contribution in [0.1, 0.15) is 18.5 Å². The first-order valence-corrected chi connectivity index (χ1v) is 15.0. The van der Waals surface area contributed by atoms with Gasteiger partial charge in [-0.15, -0.1) is 0 Å². The summed E-state index contributed by atoms with van der Waals surface area (Å²) >= 11 is 0. The van der Waals surface area contributed by atoms with Crippen molar-refractivity contribution in [2.75, 3.05) is 20.5 Å². The summed E-state index contributed by atoms with van der Waals surface area (Å²) in [6.45, 7) is 1.62. The first-order valence-electron chi connectivity index (χ1n) is 10.2. The van der Waals surface area contributed by atoms with E-state index in [2.05, 4.69) is 4.72 Å². The highest BCUT2D eigenvalue weighted by Crippen LogP contribution is 2.34. The van der Waals surface area contributed by atoms with Gasteiger partial charge < -0.3 is 9.47 Å². The van der Waals surface area contributed by atoms with E-state index >= 15 is 0 Å². The molecule has 1 N–H and O–H groups in total. The van der Waals surface area contributed by atoms with Crippen LogP contribution < -0.4 is 14.2 Å². The Morgan fingerprint density at radius 1 is 0.657 bits per heavy atom. The minimum absolute atomic E-state index is 0.112. The van der Waals surface area contributed by atoms with Crippen molar-refractivity contribution in [1.29, 1.82) is 0 Å². The molecule has 3 rings (SSSR count). The van der Waals surface area contributed by atoms with Crippen molar-refractivity contribution in [3.05, 3.63) is 72.3 Å². The number of benzene rings is 3. The Hall–Kier alpha value is -2.93. The van der Waals surface area contributed by atoms with Crippen LogP contribution in [0.25, 0.3) is 0 Å². The van der Waals surface area contributed by atoms with Crippen LogP contribution in [0.4, 0.5) is 0 Å². The van der Waals surface area contributed by atoms with Crippen LogP contribution in [0.3, 0.4) is 0 Å². The van der Waals surface area contributed by atoms with Gasteiger partial charge in [0.1, 0.15) is 11.5 Å². The van der Waals surface area contributed by atoms with Gasteiger partial charge in [0.05, 0.1) is 40.1 Å². The Morgan fingerprint density at radius 3 is 1.60 bits per heavy atom. The number of sulfone groups is 2. The maximum absolute atomic E-state index is 13.5. The van der Waals surface area contributed by atoms with Crippen molar-refractivity contribution in [2.45, 2.75) is 32.5 Å². The maximum Gasteiger partial charge on any atom is 0.209 e. The average molecular weight is 539 g/mol. The summed E-state index contributed by atoms with van der Waals surface area (Å²) in [7, 11) is -9.20. The molecule has 0 bridgehead atoms. The van der Waals surface area contributed by atoms with E-state index in [4.69, 9.17) is 9.47 Å². The van der Waals surface area contributed by atoms with Crippen molar-refractivity contribution in [3.63, 3.8) is 0 Å². The lowest BCUT2D eigenvalue weighted by Crippen LogP contribution is -2.25. The van der Waals surface area contributed by atoms with E-state index in [0.29, 0.717) is 11.3 Å². The fourth-order valence-electron chi connectivity index (χ4n) is 3.38. The fourth-order valence-corrected chi connectivity index (χ4v) is 7.49.